The molecule has 0 spiro atoms. The Morgan fingerprint density at radius 3 is 2.78 bits per heavy atom. The molecule has 0 radical (unpaired) electrons. The second-order valence-corrected chi connectivity index (χ2v) is 9.90. The molecule has 1 aliphatic rings. The zero-order valence-corrected chi connectivity index (χ0v) is 21.6. The van der Waals surface area contributed by atoms with Crippen LogP contribution in [0, 0.1) is 11.8 Å². The second-order valence-electron chi connectivity index (χ2n) is 9.17. The summed E-state index contributed by atoms with van der Waals surface area (Å²) in [4.78, 5) is 28.3. The van der Waals surface area contributed by atoms with Gasteiger partial charge in [0.05, 0.1) is 5.52 Å². The zero-order chi connectivity index (χ0) is 26.0. The van der Waals surface area contributed by atoms with Crippen molar-refractivity contribution in [2.24, 2.45) is 11.8 Å². The molecule has 12 heteroatoms. The summed E-state index contributed by atoms with van der Waals surface area (Å²) in [7, 11) is 1.59. The molecule has 2 heterocycles. The summed E-state index contributed by atoms with van der Waals surface area (Å²) >= 11 is 0. The zero-order valence-electron chi connectivity index (χ0n) is 20.5. The van der Waals surface area contributed by atoms with Crippen molar-refractivity contribution in [3.63, 3.8) is 0 Å². The van der Waals surface area contributed by atoms with Crippen LogP contribution in [0.5, 0.6) is 0 Å². The first-order valence-electron chi connectivity index (χ1n) is 12.1. The quantitative estimate of drug-likeness (QED) is 0.323. The average molecular weight is 521 g/mol. The van der Waals surface area contributed by atoms with Crippen LogP contribution in [0.15, 0.2) is 22.6 Å². The van der Waals surface area contributed by atoms with Crippen molar-refractivity contribution in [1.82, 2.24) is 25.8 Å². The van der Waals surface area contributed by atoms with E-state index in [4.69, 9.17) is 4.42 Å². The number of halogens is 2. The number of urea groups is 1. The first-order valence-corrected chi connectivity index (χ1v) is 12.7. The summed E-state index contributed by atoms with van der Waals surface area (Å²) in [6.45, 7) is 6.19. The molecule has 0 fully saturated rings. The van der Waals surface area contributed by atoms with Gasteiger partial charge in [-0.25, -0.2) is 4.79 Å². The number of benzene rings is 1. The number of fused-ring (bicyclic) bond motifs is 3. The molecule has 3 aromatic rings. The molecule has 0 saturated heterocycles. The smallest absolute Gasteiger partial charge is 0.323 e. The Kier molecular flexibility index (Phi) is 7.59. The third-order valence-corrected chi connectivity index (χ3v) is 7.04. The van der Waals surface area contributed by atoms with Crippen LogP contribution in [0.4, 0.5) is 19.6 Å². The lowest BCUT2D eigenvalue weighted by Crippen LogP contribution is -2.39. The largest absolute Gasteiger partial charge is 0.405 e. The predicted molar refractivity (Wildman–Crippen MR) is 135 cm³/mol. The minimum absolute atomic E-state index is 0.00852. The summed E-state index contributed by atoms with van der Waals surface area (Å²) < 4.78 is 33.9. The molecule has 0 saturated carbocycles. The number of rotatable bonds is 8. The van der Waals surface area contributed by atoms with E-state index in [1.165, 1.54) is 6.07 Å². The number of alkyl halides is 2. The maximum Gasteiger partial charge on any atom is 0.323 e. The normalized spacial score (nSPS) is 17.3. The highest BCUT2D eigenvalue weighted by molar-refractivity contribution is 7.17. The van der Waals surface area contributed by atoms with Gasteiger partial charge in [-0.05, 0) is 37.7 Å². The van der Waals surface area contributed by atoms with E-state index >= 15 is 0 Å². The van der Waals surface area contributed by atoms with Crippen molar-refractivity contribution in [2.45, 2.75) is 58.2 Å². The van der Waals surface area contributed by atoms with Gasteiger partial charge in [0.15, 0.2) is 0 Å². The number of hydrogen-bond donors (Lipinski definition) is 4. The van der Waals surface area contributed by atoms with Gasteiger partial charge in [0.1, 0.15) is 6.04 Å². The van der Waals surface area contributed by atoms with Crippen LogP contribution in [0.3, 0.4) is 0 Å². The van der Waals surface area contributed by atoms with Crippen molar-refractivity contribution in [1.29, 1.82) is 0 Å². The molecule has 4 N–H and O–H groups in total. The number of para-hydroxylation sites is 1. The number of nitrogens with one attached hydrogen (secondary N) is 4. The van der Waals surface area contributed by atoms with E-state index in [0.717, 1.165) is 23.1 Å². The number of hydrogen-bond acceptors (Lipinski definition) is 5. The van der Waals surface area contributed by atoms with Crippen LogP contribution in [0.1, 0.15) is 62.4 Å². The number of nitrogens with zero attached hydrogens (tertiary/aromatic N) is 2. The van der Waals surface area contributed by atoms with Gasteiger partial charge in [-0.3, -0.25) is 10.1 Å². The van der Waals surface area contributed by atoms with Crippen molar-refractivity contribution in [2.75, 3.05) is 11.9 Å². The van der Waals surface area contributed by atoms with Gasteiger partial charge in [-0.2, -0.15) is 8.78 Å². The summed E-state index contributed by atoms with van der Waals surface area (Å²) in [5.41, 5.74) is -0.918. The van der Waals surface area contributed by atoms with Gasteiger partial charge in [-0.1, -0.05) is 52.8 Å². The lowest BCUT2D eigenvalue weighted by Gasteiger charge is -2.26. The summed E-state index contributed by atoms with van der Waals surface area (Å²) in [5, 5.41) is 16.7. The fourth-order valence-corrected chi connectivity index (χ4v) is 4.85. The molecule has 9 nitrogen and oxygen atoms in total. The SMILES string of the molecule is CCNC(=O)Nc1nnc([C@@H](NC(=O)C2CCc3[nH]c4c(C(F)(F)P)cccc4c3C2)C(C)CC)o1. The van der Waals surface area contributed by atoms with Gasteiger partial charge in [0.25, 0.3) is 5.66 Å². The van der Waals surface area contributed by atoms with Crippen LogP contribution in [-0.2, 0) is 23.3 Å². The van der Waals surface area contributed by atoms with Gasteiger partial charge in [0, 0.05) is 29.1 Å². The molecule has 4 atom stereocenters. The van der Waals surface area contributed by atoms with Crippen LogP contribution in [-0.4, -0.2) is 33.7 Å². The maximum atomic E-state index is 14.1. The highest BCUT2D eigenvalue weighted by atomic mass is 31.0. The fourth-order valence-electron chi connectivity index (χ4n) is 4.61. The average Bonchev–Trinajstić information content (AvgIpc) is 3.45. The van der Waals surface area contributed by atoms with E-state index in [2.05, 4.69) is 31.1 Å². The molecule has 0 bridgehead atoms. The third kappa shape index (κ3) is 5.36. The van der Waals surface area contributed by atoms with Gasteiger partial charge in [0.2, 0.25) is 11.8 Å². The fraction of sp³-hybridized carbons (Fsp3) is 0.500. The standard InChI is InChI=1S/C24H31F2N6O3P/c1-4-12(3)18(21-31-32-23(35-21)30-22(34)27-5-2)29-20(33)13-9-10-17-15(11-13)14-7-6-8-16(19(14)28-17)24(25,26)36/h6-8,12-13,18,28H,4-5,9-11,36H2,1-3H3,(H,29,33)(H2,27,30,32,34)/t12?,13?,18-/m0/s1. The van der Waals surface area contributed by atoms with E-state index in [-0.39, 0.29) is 35.2 Å². The summed E-state index contributed by atoms with van der Waals surface area (Å²) in [5.74, 6) is -0.297. The Morgan fingerprint density at radius 2 is 2.08 bits per heavy atom. The van der Waals surface area contributed by atoms with Crippen LogP contribution < -0.4 is 16.0 Å². The Morgan fingerprint density at radius 1 is 1.31 bits per heavy atom. The first-order chi connectivity index (χ1) is 17.1. The first kappa shape index (κ1) is 26.0. The Balaban J connectivity index is 1.52. The molecule has 3 unspecified atom stereocenters. The number of carbonyl (C=O) groups is 2. The third-order valence-electron chi connectivity index (χ3n) is 6.73. The van der Waals surface area contributed by atoms with E-state index in [9.17, 15) is 18.4 Å². The molecule has 2 aromatic heterocycles. The molecule has 3 amide bonds. The monoisotopic (exact) mass is 520 g/mol. The molecular weight excluding hydrogens is 489 g/mol. The number of aromatic amines is 1. The number of aromatic nitrogens is 3. The molecule has 194 valence electrons. The summed E-state index contributed by atoms with van der Waals surface area (Å²) in [6, 6.07) is 3.80. The number of anilines is 1. The Labute approximate surface area is 209 Å². The van der Waals surface area contributed by atoms with E-state index in [1.807, 2.05) is 19.9 Å². The number of amides is 3. The highest BCUT2D eigenvalue weighted by Crippen LogP contribution is 2.41. The highest BCUT2D eigenvalue weighted by Gasteiger charge is 2.34. The van der Waals surface area contributed by atoms with Crippen molar-refractivity contribution in [3.8, 4) is 0 Å². The summed E-state index contributed by atoms with van der Waals surface area (Å²) in [6.07, 6.45) is 2.35. The number of aryl methyl sites for hydroxylation is 1. The van der Waals surface area contributed by atoms with Crippen LogP contribution >= 0.6 is 9.24 Å². The van der Waals surface area contributed by atoms with E-state index < -0.39 is 17.7 Å². The maximum absolute atomic E-state index is 14.1. The second kappa shape index (κ2) is 10.5. The molecule has 1 aromatic carbocycles. The minimum atomic E-state index is -3.05. The number of H-pyrrole nitrogens is 1. The lowest BCUT2D eigenvalue weighted by atomic mass is 9.85. The number of carbonyl (C=O) groups excluding carboxylic acids is 2. The van der Waals surface area contributed by atoms with Gasteiger partial charge < -0.3 is 20.0 Å². The van der Waals surface area contributed by atoms with E-state index in [1.54, 1.807) is 22.2 Å². The van der Waals surface area contributed by atoms with Crippen LogP contribution in [0.25, 0.3) is 10.9 Å². The molecule has 1 aliphatic carbocycles. The molecule has 36 heavy (non-hydrogen) atoms. The Bertz CT molecular complexity index is 1250. The van der Waals surface area contributed by atoms with Crippen LogP contribution in [0.2, 0.25) is 0 Å². The van der Waals surface area contributed by atoms with Crippen molar-refractivity contribution < 1.29 is 22.8 Å². The van der Waals surface area contributed by atoms with Gasteiger partial charge in [-0.15, -0.1) is 5.10 Å². The van der Waals surface area contributed by atoms with Crippen molar-refractivity contribution >= 4 is 38.1 Å². The molecular formula is C24H31F2N6O3P. The molecule has 0 aliphatic heterocycles. The topological polar surface area (TPSA) is 125 Å². The van der Waals surface area contributed by atoms with Gasteiger partial charge >= 0.3 is 12.0 Å². The lowest BCUT2D eigenvalue weighted by molar-refractivity contribution is -0.126. The Hall–Kier alpha value is -3.07. The predicted octanol–water partition coefficient (Wildman–Crippen LogP) is 4.63. The van der Waals surface area contributed by atoms with E-state index in [0.29, 0.717) is 31.3 Å². The van der Waals surface area contributed by atoms with Crippen molar-refractivity contribution in [3.05, 3.63) is 40.9 Å². The minimum Gasteiger partial charge on any atom is -0.405 e. The molecule has 4 rings (SSSR count).